The molecule has 0 spiro atoms. The van der Waals surface area contributed by atoms with E-state index < -0.39 is 0 Å². The van der Waals surface area contributed by atoms with Crippen LogP contribution in [0, 0.1) is 12.7 Å². The topological polar surface area (TPSA) is 12.4 Å². The van der Waals surface area contributed by atoms with Crippen LogP contribution in [0.25, 0.3) is 11.3 Å². The van der Waals surface area contributed by atoms with Crippen molar-refractivity contribution in [1.29, 1.82) is 0 Å². The molecular weight excluding hydrogens is 317 g/mol. The highest BCUT2D eigenvalue weighted by atomic mass is 32.1. The van der Waals surface area contributed by atoms with Crippen molar-refractivity contribution in [3.05, 3.63) is 93.4 Å². The quantitative estimate of drug-likeness (QED) is 0.561. The van der Waals surface area contributed by atoms with Gasteiger partial charge in [0.25, 0.3) is 0 Å². The Balaban J connectivity index is 1.79. The number of aryl methyl sites for hydroxylation is 1. The average molecular weight is 333 g/mol. The fourth-order valence-corrected chi connectivity index (χ4v) is 3.60. The van der Waals surface area contributed by atoms with E-state index >= 15 is 0 Å². The lowest BCUT2D eigenvalue weighted by atomic mass is 9.97. The van der Waals surface area contributed by atoms with E-state index in [1.807, 2.05) is 0 Å². The van der Waals surface area contributed by atoms with E-state index in [1.54, 1.807) is 23.5 Å². The molecule has 2 heterocycles. The van der Waals surface area contributed by atoms with Gasteiger partial charge in [0.15, 0.2) is 0 Å². The number of hydrogen-bond donors (Lipinski definition) is 0. The van der Waals surface area contributed by atoms with Crippen LogP contribution in [0.15, 0.2) is 70.3 Å². The molecule has 0 aliphatic carbocycles. The number of benzene rings is 2. The Morgan fingerprint density at radius 3 is 2.25 bits per heavy atom. The van der Waals surface area contributed by atoms with Crippen molar-refractivity contribution >= 4 is 28.3 Å². The van der Waals surface area contributed by atoms with Crippen LogP contribution >= 0.6 is 11.3 Å². The van der Waals surface area contributed by atoms with E-state index in [9.17, 15) is 4.39 Å². The lowest BCUT2D eigenvalue weighted by molar-refractivity contribution is 0.627. The van der Waals surface area contributed by atoms with Crippen molar-refractivity contribution in [1.82, 2.24) is 0 Å². The summed E-state index contributed by atoms with van der Waals surface area (Å²) in [6.07, 6.45) is 0.798. The molecule has 0 fully saturated rings. The second kappa shape index (κ2) is 6.17. The van der Waals surface area contributed by atoms with Crippen LogP contribution in [0.3, 0.4) is 0 Å². The summed E-state index contributed by atoms with van der Waals surface area (Å²) in [7, 11) is 0. The van der Waals surface area contributed by atoms with Gasteiger partial charge in [-0.3, -0.25) is 4.99 Å². The summed E-state index contributed by atoms with van der Waals surface area (Å²) in [6.45, 7) is 2.08. The van der Waals surface area contributed by atoms with E-state index in [0.717, 1.165) is 29.0 Å². The fourth-order valence-electron chi connectivity index (χ4n) is 2.93. The average Bonchev–Trinajstić information content (AvgIpc) is 3.25. The van der Waals surface area contributed by atoms with Crippen molar-refractivity contribution in [3.8, 4) is 0 Å². The van der Waals surface area contributed by atoms with Gasteiger partial charge in [-0.1, -0.05) is 29.8 Å². The minimum atomic E-state index is -0.225. The van der Waals surface area contributed by atoms with E-state index in [1.165, 1.54) is 28.8 Å². The fraction of sp³-hybridized carbons (Fsp3) is 0.0952. The Kier molecular flexibility index (Phi) is 3.87. The zero-order valence-electron chi connectivity index (χ0n) is 13.3. The number of aliphatic imine (C=N–C) groups is 1. The van der Waals surface area contributed by atoms with Gasteiger partial charge in [0.2, 0.25) is 0 Å². The maximum Gasteiger partial charge on any atom is 0.123 e. The van der Waals surface area contributed by atoms with E-state index in [0.29, 0.717) is 0 Å². The predicted molar refractivity (Wildman–Crippen MR) is 99.9 cm³/mol. The SMILES string of the molecule is Cc1ccc(C2=NC(c3ccc(F)cc3)=C(c3ccsc3)C2)cc1. The minimum Gasteiger partial charge on any atom is -0.252 e. The van der Waals surface area contributed by atoms with Crippen LogP contribution in [0.5, 0.6) is 0 Å². The van der Waals surface area contributed by atoms with E-state index in [2.05, 4.69) is 48.0 Å². The molecule has 3 heteroatoms. The summed E-state index contributed by atoms with van der Waals surface area (Å²) in [5.41, 5.74) is 7.76. The molecule has 1 aliphatic rings. The number of halogens is 1. The van der Waals surface area contributed by atoms with Crippen LogP contribution in [0.4, 0.5) is 4.39 Å². The third-order valence-electron chi connectivity index (χ3n) is 4.25. The zero-order valence-corrected chi connectivity index (χ0v) is 14.1. The van der Waals surface area contributed by atoms with Gasteiger partial charge in [-0.25, -0.2) is 4.39 Å². The first-order valence-corrected chi connectivity index (χ1v) is 8.81. The number of rotatable bonds is 3. The standard InChI is InChI=1S/C21H16FNS/c1-14-2-4-15(5-3-14)20-12-19(17-10-11-24-13-17)21(23-20)16-6-8-18(22)9-7-16/h2-11,13H,12H2,1H3. The normalized spacial score (nSPS) is 14.2. The first-order valence-electron chi connectivity index (χ1n) is 7.87. The van der Waals surface area contributed by atoms with Crippen molar-refractivity contribution in [3.63, 3.8) is 0 Å². The molecule has 0 atom stereocenters. The smallest absolute Gasteiger partial charge is 0.123 e. The van der Waals surface area contributed by atoms with E-state index in [4.69, 9.17) is 4.99 Å². The van der Waals surface area contributed by atoms with Gasteiger partial charge in [0.1, 0.15) is 5.82 Å². The lowest BCUT2D eigenvalue weighted by Crippen LogP contribution is -1.97. The van der Waals surface area contributed by atoms with Gasteiger partial charge in [-0.05, 0) is 64.7 Å². The second-order valence-corrected chi connectivity index (χ2v) is 6.73. The van der Waals surface area contributed by atoms with Crippen molar-refractivity contribution < 1.29 is 4.39 Å². The molecule has 0 unspecified atom stereocenters. The van der Waals surface area contributed by atoms with Gasteiger partial charge in [0.05, 0.1) is 11.4 Å². The highest BCUT2D eigenvalue weighted by Crippen LogP contribution is 2.37. The second-order valence-electron chi connectivity index (χ2n) is 5.95. The number of hydrogen-bond acceptors (Lipinski definition) is 2. The molecule has 1 aromatic heterocycles. The number of nitrogens with zero attached hydrogens (tertiary/aromatic N) is 1. The Labute approximate surface area is 144 Å². The lowest BCUT2D eigenvalue weighted by Gasteiger charge is -2.04. The molecule has 118 valence electrons. The summed E-state index contributed by atoms with van der Waals surface area (Å²) in [5, 5.41) is 4.22. The van der Waals surface area contributed by atoms with Gasteiger partial charge in [0, 0.05) is 12.0 Å². The van der Waals surface area contributed by atoms with Crippen LogP contribution in [0.1, 0.15) is 28.7 Å². The number of thiophene rings is 1. The molecule has 0 bridgehead atoms. The minimum absolute atomic E-state index is 0.225. The molecule has 2 aromatic carbocycles. The molecule has 1 aliphatic heterocycles. The van der Waals surface area contributed by atoms with Gasteiger partial charge < -0.3 is 0 Å². The molecule has 24 heavy (non-hydrogen) atoms. The number of allylic oxidation sites excluding steroid dienone is 1. The van der Waals surface area contributed by atoms with Crippen LogP contribution in [0.2, 0.25) is 0 Å². The zero-order chi connectivity index (χ0) is 16.5. The summed E-state index contributed by atoms with van der Waals surface area (Å²) >= 11 is 1.68. The molecule has 0 saturated heterocycles. The maximum atomic E-state index is 13.3. The van der Waals surface area contributed by atoms with Gasteiger partial charge in [-0.15, -0.1) is 0 Å². The Morgan fingerprint density at radius 1 is 0.875 bits per heavy atom. The van der Waals surface area contributed by atoms with Crippen LogP contribution in [-0.4, -0.2) is 5.71 Å². The van der Waals surface area contributed by atoms with Crippen molar-refractivity contribution in [2.45, 2.75) is 13.3 Å². The summed E-state index contributed by atoms with van der Waals surface area (Å²) in [5.74, 6) is -0.225. The molecule has 0 saturated carbocycles. The largest absolute Gasteiger partial charge is 0.252 e. The van der Waals surface area contributed by atoms with E-state index in [-0.39, 0.29) is 5.82 Å². The predicted octanol–water partition coefficient (Wildman–Crippen LogP) is 5.96. The molecule has 0 amide bonds. The molecule has 0 radical (unpaired) electrons. The molecular formula is C21H16FNS. The highest BCUT2D eigenvalue weighted by molar-refractivity contribution is 7.08. The Bertz CT molecular complexity index is 917. The third-order valence-corrected chi connectivity index (χ3v) is 4.93. The third kappa shape index (κ3) is 2.83. The summed E-state index contributed by atoms with van der Waals surface area (Å²) < 4.78 is 13.3. The maximum absolute atomic E-state index is 13.3. The molecule has 4 rings (SSSR count). The summed E-state index contributed by atoms with van der Waals surface area (Å²) in [6, 6.07) is 17.2. The summed E-state index contributed by atoms with van der Waals surface area (Å²) in [4.78, 5) is 4.90. The monoisotopic (exact) mass is 333 g/mol. The highest BCUT2D eigenvalue weighted by Gasteiger charge is 2.22. The molecule has 1 nitrogen and oxygen atoms in total. The van der Waals surface area contributed by atoms with Crippen LogP contribution < -0.4 is 0 Å². The van der Waals surface area contributed by atoms with Crippen LogP contribution in [-0.2, 0) is 0 Å². The molecule has 0 N–H and O–H groups in total. The van der Waals surface area contributed by atoms with Gasteiger partial charge >= 0.3 is 0 Å². The van der Waals surface area contributed by atoms with Gasteiger partial charge in [-0.2, -0.15) is 11.3 Å². The first kappa shape index (κ1) is 15.0. The first-order chi connectivity index (χ1) is 11.7. The Hall–Kier alpha value is -2.52. The van der Waals surface area contributed by atoms with Crippen molar-refractivity contribution in [2.24, 2.45) is 4.99 Å². The van der Waals surface area contributed by atoms with Crippen molar-refractivity contribution in [2.75, 3.05) is 0 Å². The molecule has 3 aromatic rings. The Morgan fingerprint density at radius 2 is 1.58 bits per heavy atom.